The lowest BCUT2D eigenvalue weighted by Gasteiger charge is -2.49. The summed E-state index contributed by atoms with van der Waals surface area (Å²) >= 11 is 1.02. The highest BCUT2D eigenvalue weighted by atomic mass is 32.2. The van der Waals surface area contributed by atoms with Crippen LogP contribution in [-0.2, 0) is 6.18 Å². The number of piperidine rings is 3. The Hall–Kier alpha value is -2.00. The van der Waals surface area contributed by atoms with Crippen molar-refractivity contribution in [1.82, 2.24) is 15.2 Å². The summed E-state index contributed by atoms with van der Waals surface area (Å²) in [6.45, 7) is 4.35. The smallest absolute Gasteiger partial charge is 0.426 e. The minimum absolute atomic E-state index is 0.0469. The van der Waals surface area contributed by atoms with Crippen molar-refractivity contribution in [2.45, 2.75) is 48.0 Å². The molecule has 2 bridgehead atoms. The number of rotatable bonds is 4. The molecule has 0 saturated carbocycles. The molecule has 1 N–H and O–H groups in total. The van der Waals surface area contributed by atoms with Gasteiger partial charge in [0.1, 0.15) is 0 Å². The molecule has 0 spiro atoms. The predicted octanol–water partition coefficient (Wildman–Crippen LogP) is 4.06. The van der Waals surface area contributed by atoms with Crippen molar-refractivity contribution in [3.63, 3.8) is 0 Å². The van der Waals surface area contributed by atoms with Gasteiger partial charge in [0.15, 0.2) is 5.09 Å². The Bertz CT molecular complexity index is 843. The number of amides is 1. The molecule has 3 aliphatic heterocycles. The number of oxazole rings is 1. The monoisotopic (exact) mass is 411 g/mol. The van der Waals surface area contributed by atoms with Gasteiger partial charge >= 0.3 is 12.1 Å². The van der Waals surface area contributed by atoms with E-state index in [0.29, 0.717) is 22.4 Å². The fourth-order valence-corrected chi connectivity index (χ4v) is 4.74. The van der Waals surface area contributed by atoms with Gasteiger partial charge in [-0.3, -0.25) is 9.69 Å². The van der Waals surface area contributed by atoms with Crippen LogP contribution in [0.15, 0.2) is 44.9 Å². The Morgan fingerprint density at radius 3 is 2.50 bits per heavy atom. The number of fused-ring (bicyclic) bond motifs is 3. The van der Waals surface area contributed by atoms with E-state index in [4.69, 9.17) is 4.42 Å². The van der Waals surface area contributed by atoms with Crippen LogP contribution in [0.3, 0.4) is 0 Å². The van der Waals surface area contributed by atoms with Gasteiger partial charge < -0.3 is 9.73 Å². The second kappa shape index (κ2) is 7.44. The number of hydrogen-bond donors (Lipinski definition) is 1. The number of alkyl halides is 3. The van der Waals surface area contributed by atoms with Crippen LogP contribution >= 0.6 is 11.8 Å². The van der Waals surface area contributed by atoms with E-state index in [2.05, 4.69) is 22.1 Å². The van der Waals surface area contributed by atoms with Crippen LogP contribution in [0.4, 0.5) is 13.2 Å². The van der Waals surface area contributed by atoms with Gasteiger partial charge in [-0.15, -0.1) is 0 Å². The third kappa shape index (κ3) is 3.91. The molecule has 3 fully saturated rings. The van der Waals surface area contributed by atoms with Crippen LogP contribution < -0.4 is 5.32 Å². The molecule has 2 aromatic rings. The lowest BCUT2D eigenvalue weighted by atomic mass is 9.79. The summed E-state index contributed by atoms with van der Waals surface area (Å²) in [4.78, 5) is 18.9. The van der Waals surface area contributed by atoms with E-state index >= 15 is 0 Å². The number of nitrogens with one attached hydrogen (secondary N) is 1. The molecule has 2 atom stereocenters. The number of hydrogen-bond acceptors (Lipinski definition) is 5. The Labute approximate surface area is 164 Å². The highest BCUT2D eigenvalue weighted by Crippen LogP contribution is 2.35. The maximum absolute atomic E-state index is 12.6. The Morgan fingerprint density at radius 2 is 1.93 bits per heavy atom. The zero-order valence-corrected chi connectivity index (χ0v) is 16.0. The Kier molecular flexibility index (Phi) is 5.13. The quantitative estimate of drug-likeness (QED) is 0.822. The average molecular weight is 411 g/mol. The second-order valence-electron chi connectivity index (χ2n) is 7.22. The van der Waals surface area contributed by atoms with Crippen molar-refractivity contribution in [2.75, 3.05) is 13.1 Å². The van der Waals surface area contributed by atoms with Crippen LogP contribution in [0.2, 0.25) is 0 Å². The minimum Gasteiger partial charge on any atom is -0.426 e. The lowest BCUT2D eigenvalue weighted by molar-refractivity contribution is -0.158. The van der Waals surface area contributed by atoms with E-state index in [1.54, 1.807) is 24.3 Å². The lowest BCUT2D eigenvalue weighted by Crippen LogP contribution is -2.62. The fraction of sp³-hybridized carbons (Fsp3) is 0.474. The summed E-state index contributed by atoms with van der Waals surface area (Å²) in [6, 6.07) is 7.21. The first-order chi connectivity index (χ1) is 13.3. The van der Waals surface area contributed by atoms with E-state index in [9.17, 15) is 18.0 Å². The standard InChI is InChI=1S/C19H20F3N3O2S/c1-11-16(12-6-8-25(11)9-7-12)24-17(26)13-2-4-14(5-3-13)28-15-10-23-18(27-15)19(20,21)22/h2-5,10-12,16H,6-9H2,1H3,(H,24,26)/t11-,16-/m0/s1. The number of nitrogens with zero attached hydrogens (tertiary/aromatic N) is 2. The van der Waals surface area contributed by atoms with E-state index in [-0.39, 0.29) is 17.0 Å². The molecule has 0 radical (unpaired) electrons. The number of aromatic nitrogens is 1. The molecule has 4 heterocycles. The van der Waals surface area contributed by atoms with Crippen LogP contribution in [0.1, 0.15) is 36.0 Å². The second-order valence-corrected chi connectivity index (χ2v) is 8.30. The van der Waals surface area contributed by atoms with E-state index in [1.807, 2.05) is 0 Å². The first kappa shape index (κ1) is 19.3. The van der Waals surface area contributed by atoms with Gasteiger partial charge in [-0.05, 0) is 63.0 Å². The molecule has 1 amide bonds. The molecule has 3 aliphatic rings. The molecular formula is C19H20F3N3O2S. The van der Waals surface area contributed by atoms with Crippen LogP contribution in [0.25, 0.3) is 0 Å². The largest absolute Gasteiger partial charge is 0.468 e. The third-order valence-corrected chi connectivity index (χ3v) is 6.44. The van der Waals surface area contributed by atoms with Gasteiger partial charge in [-0.25, -0.2) is 4.98 Å². The van der Waals surface area contributed by atoms with Crippen molar-refractivity contribution < 1.29 is 22.4 Å². The fourth-order valence-electron chi connectivity index (χ4n) is 4.01. The molecule has 1 aromatic carbocycles. The van der Waals surface area contributed by atoms with Crippen molar-refractivity contribution in [1.29, 1.82) is 0 Å². The highest BCUT2D eigenvalue weighted by molar-refractivity contribution is 7.99. The SMILES string of the molecule is C[C@H]1[C@H](NC(=O)c2ccc(Sc3cnc(C(F)(F)F)o3)cc2)C2CCN1CC2. The molecule has 5 nitrogen and oxygen atoms in total. The van der Waals surface area contributed by atoms with E-state index < -0.39 is 12.1 Å². The predicted molar refractivity (Wildman–Crippen MR) is 97.1 cm³/mol. The molecule has 1 aromatic heterocycles. The van der Waals surface area contributed by atoms with Crippen molar-refractivity contribution in [3.8, 4) is 0 Å². The molecular weight excluding hydrogens is 391 g/mol. The zero-order valence-electron chi connectivity index (χ0n) is 15.2. The van der Waals surface area contributed by atoms with Crippen molar-refractivity contribution in [2.24, 2.45) is 5.92 Å². The summed E-state index contributed by atoms with van der Waals surface area (Å²) in [6.07, 6.45) is -1.33. The maximum atomic E-state index is 12.6. The summed E-state index contributed by atoms with van der Waals surface area (Å²) < 4.78 is 42.3. The van der Waals surface area contributed by atoms with Gasteiger partial charge in [-0.1, -0.05) is 11.8 Å². The topological polar surface area (TPSA) is 58.4 Å². The molecule has 5 rings (SSSR count). The van der Waals surface area contributed by atoms with Gasteiger partial charge in [0.2, 0.25) is 0 Å². The number of benzene rings is 1. The first-order valence-electron chi connectivity index (χ1n) is 9.17. The minimum atomic E-state index is -4.60. The Balaban J connectivity index is 1.39. The Morgan fingerprint density at radius 1 is 1.25 bits per heavy atom. The zero-order chi connectivity index (χ0) is 19.9. The van der Waals surface area contributed by atoms with Gasteiger partial charge in [0, 0.05) is 22.5 Å². The van der Waals surface area contributed by atoms with Crippen molar-refractivity contribution >= 4 is 17.7 Å². The summed E-state index contributed by atoms with van der Waals surface area (Å²) in [5.41, 5.74) is 0.529. The molecule has 28 heavy (non-hydrogen) atoms. The molecule has 150 valence electrons. The summed E-state index contributed by atoms with van der Waals surface area (Å²) in [5.74, 6) is -0.869. The number of carbonyl (C=O) groups excluding carboxylic acids is 1. The van der Waals surface area contributed by atoms with E-state index in [1.165, 1.54) is 0 Å². The molecule has 3 saturated heterocycles. The molecule has 0 aliphatic carbocycles. The van der Waals surface area contributed by atoms with Crippen LogP contribution in [-0.4, -0.2) is 41.0 Å². The number of carbonyl (C=O) groups is 1. The summed E-state index contributed by atoms with van der Waals surface area (Å²) in [5, 5.41) is 3.21. The maximum Gasteiger partial charge on any atom is 0.468 e. The van der Waals surface area contributed by atoms with Gasteiger partial charge in [0.05, 0.1) is 6.20 Å². The van der Waals surface area contributed by atoms with Crippen LogP contribution in [0.5, 0.6) is 0 Å². The average Bonchev–Trinajstić information content (AvgIpc) is 3.14. The summed E-state index contributed by atoms with van der Waals surface area (Å²) in [7, 11) is 0. The normalized spacial score (nSPS) is 27.0. The van der Waals surface area contributed by atoms with Gasteiger partial charge in [-0.2, -0.15) is 13.2 Å². The number of halogens is 3. The molecule has 9 heteroatoms. The first-order valence-corrected chi connectivity index (χ1v) is 9.99. The van der Waals surface area contributed by atoms with Gasteiger partial charge in [0.25, 0.3) is 5.91 Å². The molecule has 0 unspecified atom stereocenters. The highest BCUT2D eigenvalue weighted by Gasteiger charge is 2.40. The van der Waals surface area contributed by atoms with E-state index in [0.717, 1.165) is 43.9 Å². The van der Waals surface area contributed by atoms with Crippen LogP contribution in [0, 0.1) is 5.92 Å². The van der Waals surface area contributed by atoms with Crippen molar-refractivity contribution in [3.05, 3.63) is 41.9 Å². The third-order valence-electron chi connectivity index (χ3n) is 5.54.